The number of carbonyl (C=O) groups excluding carboxylic acids is 1. The van der Waals surface area contributed by atoms with Gasteiger partial charge in [-0.1, -0.05) is 35.9 Å². The van der Waals surface area contributed by atoms with Crippen LogP contribution in [0, 0.1) is 13.8 Å². The molecule has 0 spiro atoms. The summed E-state index contributed by atoms with van der Waals surface area (Å²) in [6.07, 6.45) is 0. The number of carbonyl (C=O) groups is 1. The summed E-state index contributed by atoms with van der Waals surface area (Å²) in [4.78, 5) is 12.7. The molecule has 1 N–H and O–H groups in total. The summed E-state index contributed by atoms with van der Waals surface area (Å²) in [6.45, 7) is 3.68. The van der Waals surface area contributed by atoms with E-state index in [1.54, 1.807) is 42.5 Å². The van der Waals surface area contributed by atoms with Gasteiger partial charge in [-0.2, -0.15) is 0 Å². The topological polar surface area (TPSA) is 66.5 Å². The van der Waals surface area contributed by atoms with Gasteiger partial charge in [0.1, 0.15) is 0 Å². The highest BCUT2D eigenvalue weighted by atomic mass is 35.5. The molecule has 5 nitrogen and oxygen atoms in total. The summed E-state index contributed by atoms with van der Waals surface area (Å²) in [5.41, 5.74) is 3.10. The molecule has 0 unspecified atom stereocenters. The van der Waals surface area contributed by atoms with Gasteiger partial charge in [0.25, 0.3) is 15.9 Å². The van der Waals surface area contributed by atoms with Crippen LogP contribution in [0.4, 0.5) is 11.4 Å². The standard InChI is InChI=1S/C22H21ClN2O3S/c1-15-7-4-5-10-21(15)25(3)29(27,28)19-9-6-8-17(14-19)22(26)24-20-12-11-18(23)13-16(20)2/h4-14H,1-3H3,(H,24,26). The molecule has 0 heterocycles. The lowest BCUT2D eigenvalue weighted by molar-refractivity contribution is 0.102. The Morgan fingerprint density at radius 2 is 1.66 bits per heavy atom. The zero-order chi connectivity index (χ0) is 21.2. The quantitative estimate of drug-likeness (QED) is 0.619. The summed E-state index contributed by atoms with van der Waals surface area (Å²) >= 11 is 5.95. The number of hydrogen-bond donors (Lipinski definition) is 1. The molecule has 0 aliphatic rings. The normalized spacial score (nSPS) is 11.2. The molecule has 0 bridgehead atoms. The van der Waals surface area contributed by atoms with Crippen LogP contribution in [-0.4, -0.2) is 21.4 Å². The Kier molecular flexibility index (Phi) is 5.96. The number of nitrogens with zero attached hydrogens (tertiary/aromatic N) is 1. The minimum atomic E-state index is -3.82. The number of para-hydroxylation sites is 1. The highest BCUT2D eigenvalue weighted by Gasteiger charge is 2.23. The van der Waals surface area contributed by atoms with Crippen LogP contribution in [-0.2, 0) is 10.0 Å². The first kappa shape index (κ1) is 20.9. The fourth-order valence-electron chi connectivity index (χ4n) is 2.96. The maximum absolute atomic E-state index is 13.1. The van der Waals surface area contributed by atoms with E-state index in [2.05, 4.69) is 5.32 Å². The number of halogens is 1. The van der Waals surface area contributed by atoms with Gasteiger partial charge in [0.2, 0.25) is 0 Å². The van der Waals surface area contributed by atoms with Crippen LogP contribution in [0.15, 0.2) is 71.6 Å². The number of rotatable bonds is 5. The molecule has 0 aromatic heterocycles. The van der Waals surface area contributed by atoms with E-state index in [-0.39, 0.29) is 10.5 Å². The Hall–Kier alpha value is -2.83. The van der Waals surface area contributed by atoms with Crippen molar-refractivity contribution < 1.29 is 13.2 Å². The average molecular weight is 429 g/mol. The molecule has 0 aliphatic heterocycles. The van der Waals surface area contributed by atoms with E-state index in [1.165, 1.54) is 23.5 Å². The monoisotopic (exact) mass is 428 g/mol. The van der Waals surface area contributed by atoms with Gasteiger partial charge < -0.3 is 5.32 Å². The van der Waals surface area contributed by atoms with Crippen LogP contribution in [0.25, 0.3) is 0 Å². The van der Waals surface area contributed by atoms with Crippen LogP contribution in [0.1, 0.15) is 21.5 Å². The third kappa shape index (κ3) is 4.44. The molecule has 0 aliphatic carbocycles. The van der Waals surface area contributed by atoms with Gasteiger partial charge in [-0.15, -0.1) is 0 Å². The van der Waals surface area contributed by atoms with E-state index in [9.17, 15) is 13.2 Å². The molecule has 29 heavy (non-hydrogen) atoms. The number of aryl methyl sites for hydroxylation is 2. The molecule has 0 radical (unpaired) electrons. The maximum Gasteiger partial charge on any atom is 0.264 e. The second kappa shape index (κ2) is 8.27. The first-order valence-electron chi connectivity index (χ1n) is 8.92. The number of amides is 1. The van der Waals surface area contributed by atoms with Crippen LogP contribution < -0.4 is 9.62 Å². The molecule has 0 saturated heterocycles. The van der Waals surface area contributed by atoms with E-state index in [0.717, 1.165) is 11.1 Å². The fraction of sp³-hybridized carbons (Fsp3) is 0.136. The molecule has 1 amide bonds. The number of hydrogen-bond acceptors (Lipinski definition) is 3. The first-order valence-corrected chi connectivity index (χ1v) is 10.7. The van der Waals surface area contributed by atoms with Crippen molar-refractivity contribution >= 4 is 38.9 Å². The first-order chi connectivity index (χ1) is 13.7. The van der Waals surface area contributed by atoms with Gasteiger partial charge in [0, 0.05) is 23.3 Å². The minimum absolute atomic E-state index is 0.0451. The summed E-state index contributed by atoms with van der Waals surface area (Å²) < 4.78 is 27.4. The zero-order valence-corrected chi connectivity index (χ0v) is 17.9. The molecule has 0 saturated carbocycles. The third-order valence-electron chi connectivity index (χ3n) is 4.65. The predicted molar refractivity (Wildman–Crippen MR) is 117 cm³/mol. The van der Waals surface area contributed by atoms with Gasteiger partial charge in [0.05, 0.1) is 10.6 Å². The summed E-state index contributed by atoms with van der Waals surface area (Å²) in [5, 5.41) is 3.37. The molecule has 3 aromatic rings. The summed E-state index contributed by atoms with van der Waals surface area (Å²) in [6, 6.07) is 18.4. The molecule has 150 valence electrons. The predicted octanol–water partition coefficient (Wildman–Crippen LogP) is 5.03. The zero-order valence-electron chi connectivity index (χ0n) is 16.3. The molecule has 7 heteroatoms. The molecule has 0 atom stereocenters. The molecule has 3 aromatic carbocycles. The highest BCUT2D eigenvalue weighted by molar-refractivity contribution is 7.92. The van der Waals surface area contributed by atoms with E-state index < -0.39 is 15.9 Å². The molecule has 3 rings (SSSR count). The van der Waals surface area contributed by atoms with Crippen molar-refractivity contribution in [2.75, 3.05) is 16.7 Å². The minimum Gasteiger partial charge on any atom is -0.322 e. The maximum atomic E-state index is 13.1. The van der Waals surface area contributed by atoms with Gasteiger partial charge >= 0.3 is 0 Å². The number of nitrogens with one attached hydrogen (secondary N) is 1. The van der Waals surface area contributed by atoms with Crippen LogP contribution in [0.2, 0.25) is 5.02 Å². The van der Waals surface area contributed by atoms with Crippen molar-refractivity contribution in [1.29, 1.82) is 0 Å². The Bertz CT molecular complexity index is 1180. The van der Waals surface area contributed by atoms with Crippen LogP contribution in [0.5, 0.6) is 0 Å². The van der Waals surface area contributed by atoms with Crippen molar-refractivity contribution in [2.45, 2.75) is 18.7 Å². The van der Waals surface area contributed by atoms with Crippen molar-refractivity contribution in [3.63, 3.8) is 0 Å². The van der Waals surface area contributed by atoms with Crippen molar-refractivity contribution in [2.24, 2.45) is 0 Å². The lowest BCUT2D eigenvalue weighted by atomic mass is 10.1. The Labute approximate surface area is 176 Å². The van der Waals surface area contributed by atoms with E-state index in [1.807, 2.05) is 26.0 Å². The second-order valence-electron chi connectivity index (χ2n) is 6.70. The van der Waals surface area contributed by atoms with E-state index >= 15 is 0 Å². The third-order valence-corrected chi connectivity index (χ3v) is 6.65. The van der Waals surface area contributed by atoms with Crippen molar-refractivity contribution in [1.82, 2.24) is 0 Å². The Morgan fingerprint density at radius 3 is 2.34 bits per heavy atom. The molecular formula is C22H21ClN2O3S. The SMILES string of the molecule is Cc1cc(Cl)ccc1NC(=O)c1cccc(S(=O)(=O)N(C)c2ccccc2C)c1. The largest absolute Gasteiger partial charge is 0.322 e. The van der Waals surface area contributed by atoms with Crippen molar-refractivity contribution in [3.05, 3.63) is 88.4 Å². The summed E-state index contributed by atoms with van der Waals surface area (Å²) in [7, 11) is -2.32. The lowest BCUT2D eigenvalue weighted by Crippen LogP contribution is -2.27. The highest BCUT2D eigenvalue weighted by Crippen LogP contribution is 2.26. The van der Waals surface area contributed by atoms with E-state index in [4.69, 9.17) is 11.6 Å². The Balaban J connectivity index is 1.90. The van der Waals surface area contributed by atoms with Crippen LogP contribution in [0.3, 0.4) is 0 Å². The Morgan fingerprint density at radius 1 is 0.931 bits per heavy atom. The summed E-state index contributed by atoms with van der Waals surface area (Å²) in [5.74, 6) is -0.397. The number of sulfonamides is 1. The van der Waals surface area contributed by atoms with Gasteiger partial charge in [0.15, 0.2) is 0 Å². The fourth-order valence-corrected chi connectivity index (χ4v) is 4.50. The lowest BCUT2D eigenvalue weighted by Gasteiger charge is -2.21. The van der Waals surface area contributed by atoms with E-state index in [0.29, 0.717) is 16.4 Å². The smallest absolute Gasteiger partial charge is 0.264 e. The van der Waals surface area contributed by atoms with Gasteiger partial charge in [-0.3, -0.25) is 9.10 Å². The number of anilines is 2. The molecule has 0 fully saturated rings. The average Bonchev–Trinajstić information content (AvgIpc) is 2.70. The van der Waals surface area contributed by atoms with Crippen LogP contribution >= 0.6 is 11.6 Å². The van der Waals surface area contributed by atoms with Gasteiger partial charge in [-0.25, -0.2) is 8.42 Å². The molecular weight excluding hydrogens is 408 g/mol. The van der Waals surface area contributed by atoms with Gasteiger partial charge in [-0.05, 0) is 67.4 Å². The second-order valence-corrected chi connectivity index (χ2v) is 9.11. The van der Waals surface area contributed by atoms with Crippen molar-refractivity contribution in [3.8, 4) is 0 Å². The number of benzene rings is 3.